The lowest BCUT2D eigenvalue weighted by Gasteiger charge is -2.13. The van der Waals surface area contributed by atoms with E-state index in [0.29, 0.717) is 17.8 Å². The average Bonchev–Trinajstić information content (AvgIpc) is 2.75. The van der Waals surface area contributed by atoms with Gasteiger partial charge in [0.1, 0.15) is 6.54 Å². The maximum Gasteiger partial charge on any atom is 0.349 e. The number of amides is 1. The van der Waals surface area contributed by atoms with Crippen LogP contribution in [0.3, 0.4) is 0 Å². The van der Waals surface area contributed by atoms with E-state index >= 15 is 0 Å². The number of hydrogen-bond acceptors (Lipinski definition) is 3. The lowest BCUT2D eigenvalue weighted by atomic mass is 10.1. The normalized spacial score (nSPS) is 10.8. The molecular weight excluding hydrogens is 430 g/mol. The predicted octanol–water partition coefficient (Wildman–Crippen LogP) is 4.14. The van der Waals surface area contributed by atoms with Gasteiger partial charge >= 0.3 is 5.69 Å². The third-order valence-electron chi connectivity index (χ3n) is 4.62. The summed E-state index contributed by atoms with van der Waals surface area (Å²) in [5.74, 6) is -0.244. The Morgan fingerprint density at radius 1 is 0.966 bits per heavy atom. The van der Waals surface area contributed by atoms with Crippen molar-refractivity contribution in [3.63, 3.8) is 0 Å². The molecule has 0 saturated heterocycles. The highest BCUT2D eigenvalue weighted by molar-refractivity contribution is 9.10. The van der Waals surface area contributed by atoms with Gasteiger partial charge in [-0.25, -0.2) is 4.79 Å². The molecule has 4 rings (SSSR count). The lowest BCUT2D eigenvalue weighted by Crippen LogP contribution is -2.33. The summed E-state index contributed by atoms with van der Waals surface area (Å²) in [5, 5.41) is 3.70. The Morgan fingerprint density at radius 2 is 1.72 bits per heavy atom. The number of para-hydroxylation sites is 1. The van der Waals surface area contributed by atoms with Crippen molar-refractivity contribution in [2.45, 2.75) is 13.1 Å². The monoisotopic (exact) mass is 447 g/mol. The van der Waals surface area contributed by atoms with Gasteiger partial charge in [-0.2, -0.15) is 4.98 Å². The number of nitrogens with one attached hydrogen (secondary N) is 1. The van der Waals surface area contributed by atoms with Crippen molar-refractivity contribution in [2.75, 3.05) is 0 Å². The predicted molar refractivity (Wildman–Crippen MR) is 117 cm³/mol. The zero-order valence-electron chi connectivity index (χ0n) is 15.5. The highest BCUT2D eigenvalue weighted by atomic mass is 79.9. The number of nitrogens with zero attached hydrogens (tertiary/aromatic N) is 2. The molecule has 1 N–H and O–H groups in total. The molecule has 4 aromatic rings. The first-order valence-electron chi connectivity index (χ1n) is 9.18. The van der Waals surface area contributed by atoms with Gasteiger partial charge in [0.15, 0.2) is 0 Å². The summed E-state index contributed by atoms with van der Waals surface area (Å²) in [7, 11) is 0. The molecule has 5 nitrogen and oxygen atoms in total. The Kier molecular flexibility index (Phi) is 5.53. The van der Waals surface area contributed by atoms with E-state index in [2.05, 4.69) is 26.2 Å². The van der Waals surface area contributed by atoms with Crippen molar-refractivity contribution in [3.8, 4) is 11.3 Å². The molecule has 0 aliphatic rings. The number of aromatic nitrogens is 2. The van der Waals surface area contributed by atoms with Gasteiger partial charge in [0.2, 0.25) is 5.91 Å². The van der Waals surface area contributed by atoms with Gasteiger partial charge in [0.25, 0.3) is 0 Å². The molecule has 1 heterocycles. The molecule has 3 aromatic carbocycles. The van der Waals surface area contributed by atoms with E-state index in [9.17, 15) is 9.59 Å². The second-order valence-electron chi connectivity index (χ2n) is 6.62. The molecule has 0 atom stereocenters. The van der Waals surface area contributed by atoms with Crippen molar-refractivity contribution in [3.05, 3.63) is 99.4 Å². The number of fused-ring (bicyclic) bond motifs is 1. The number of carbonyl (C=O) groups is 1. The Hall–Kier alpha value is -3.25. The minimum atomic E-state index is -0.444. The summed E-state index contributed by atoms with van der Waals surface area (Å²) in [4.78, 5) is 29.5. The molecular formula is C23H18BrN3O2. The summed E-state index contributed by atoms with van der Waals surface area (Å²) in [5.41, 5.74) is 2.70. The van der Waals surface area contributed by atoms with E-state index in [4.69, 9.17) is 0 Å². The molecule has 1 amide bonds. The highest BCUT2D eigenvalue weighted by Crippen LogP contribution is 2.24. The molecule has 1 aromatic heterocycles. The number of carbonyl (C=O) groups excluding carboxylic acids is 1. The van der Waals surface area contributed by atoms with Crippen LogP contribution in [0.2, 0.25) is 0 Å². The van der Waals surface area contributed by atoms with Gasteiger partial charge in [-0.05, 0) is 23.8 Å². The molecule has 0 radical (unpaired) electrons. The quantitative estimate of drug-likeness (QED) is 0.499. The van der Waals surface area contributed by atoms with Crippen LogP contribution < -0.4 is 11.0 Å². The maximum absolute atomic E-state index is 12.7. The molecule has 0 saturated carbocycles. The van der Waals surface area contributed by atoms with Crippen LogP contribution >= 0.6 is 15.9 Å². The van der Waals surface area contributed by atoms with Crippen LogP contribution in [-0.2, 0) is 17.9 Å². The van der Waals surface area contributed by atoms with E-state index in [1.807, 2.05) is 78.9 Å². The molecule has 0 bridgehead atoms. The lowest BCUT2D eigenvalue weighted by molar-refractivity contribution is -0.121. The molecule has 0 unspecified atom stereocenters. The van der Waals surface area contributed by atoms with Gasteiger partial charge in [-0.3, -0.25) is 9.36 Å². The van der Waals surface area contributed by atoms with Gasteiger partial charge in [0, 0.05) is 22.0 Å². The summed E-state index contributed by atoms with van der Waals surface area (Å²) in [6, 6.07) is 24.8. The first-order chi connectivity index (χ1) is 14.1. The van der Waals surface area contributed by atoms with Crippen molar-refractivity contribution >= 4 is 32.7 Å². The molecule has 6 heteroatoms. The third kappa shape index (κ3) is 4.27. The molecule has 0 fully saturated rings. The Morgan fingerprint density at radius 3 is 2.52 bits per heavy atom. The molecule has 0 aliphatic carbocycles. The van der Waals surface area contributed by atoms with E-state index < -0.39 is 5.69 Å². The fourth-order valence-corrected chi connectivity index (χ4v) is 3.69. The second kappa shape index (κ2) is 8.41. The standard InChI is InChI=1S/C23H18BrN3O2/c24-18-10-6-7-16(13-18)14-25-21(28)15-27-20-12-5-4-11-19(20)22(26-23(27)29)17-8-2-1-3-9-17/h1-13H,14-15H2,(H,25,28). The number of benzene rings is 3. The van der Waals surface area contributed by atoms with Crippen LogP contribution in [0.4, 0.5) is 0 Å². The van der Waals surface area contributed by atoms with E-state index in [0.717, 1.165) is 21.0 Å². The van der Waals surface area contributed by atoms with E-state index in [1.165, 1.54) is 4.57 Å². The fraction of sp³-hybridized carbons (Fsp3) is 0.0870. The Balaban J connectivity index is 1.63. The molecule has 29 heavy (non-hydrogen) atoms. The number of rotatable bonds is 5. The zero-order chi connectivity index (χ0) is 20.2. The molecule has 144 valence electrons. The highest BCUT2D eigenvalue weighted by Gasteiger charge is 2.14. The molecule has 0 aliphatic heterocycles. The summed E-state index contributed by atoms with van der Waals surface area (Å²) in [6.07, 6.45) is 0. The largest absolute Gasteiger partial charge is 0.350 e. The van der Waals surface area contributed by atoms with Gasteiger partial charge in [0.05, 0.1) is 11.2 Å². The maximum atomic E-state index is 12.7. The van der Waals surface area contributed by atoms with Crippen molar-refractivity contribution < 1.29 is 4.79 Å². The van der Waals surface area contributed by atoms with Crippen LogP contribution in [-0.4, -0.2) is 15.5 Å². The first-order valence-corrected chi connectivity index (χ1v) is 9.97. The number of halogens is 1. The Labute approximate surface area is 176 Å². The van der Waals surface area contributed by atoms with Gasteiger partial charge < -0.3 is 5.32 Å². The minimum absolute atomic E-state index is 0.0879. The van der Waals surface area contributed by atoms with Crippen LogP contribution in [0.15, 0.2) is 88.1 Å². The summed E-state index contributed by atoms with van der Waals surface area (Å²) < 4.78 is 2.37. The second-order valence-corrected chi connectivity index (χ2v) is 7.53. The first kappa shape index (κ1) is 19.1. The smallest absolute Gasteiger partial charge is 0.349 e. The van der Waals surface area contributed by atoms with Crippen LogP contribution in [0.25, 0.3) is 22.2 Å². The zero-order valence-corrected chi connectivity index (χ0v) is 17.1. The van der Waals surface area contributed by atoms with Gasteiger partial charge in [-0.15, -0.1) is 0 Å². The Bertz CT molecular complexity index is 1240. The third-order valence-corrected chi connectivity index (χ3v) is 5.11. The van der Waals surface area contributed by atoms with Crippen molar-refractivity contribution in [2.24, 2.45) is 0 Å². The number of hydrogen-bond donors (Lipinski definition) is 1. The minimum Gasteiger partial charge on any atom is -0.350 e. The van der Waals surface area contributed by atoms with Crippen molar-refractivity contribution in [1.82, 2.24) is 14.9 Å². The topological polar surface area (TPSA) is 64.0 Å². The molecule has 0 spiro atoms. The average molecular weight is 448 g/mol. The van der Waals surface area contributed by atoms with Crippen molar-refractivity contribution in [1.29, 1.82) is 0 Å². The SMILES string of the molecule is O=C(Cn1c(=O)nc(-c2ccccc2)c2ccccc21)NCc1cccc(Br)c1. The van der Waals surface area contributed by atoms with Crippen LogP contribution in [0.1, 0.15) is 5.56 Å². The van der Waals surface area contributed by atoms with Gasteiger partial charge in [-0.1, -0.05) is 76.6 Å². The summed E-state index contributed by atoms with van der Waals surface area (Å²) in [6.45, 7) is 0.301. The van der Waals surface area contributed by atoms with E-state index in [1.54, 1.807) is 0 Å². The summed E-state index contributed by atoms with van der Waals surface area (Å²) >= 11 is 3.42. The fourth-order valence-electron chi connectivity index (χ4n) is 3.24. The van der Waals surface area contributed by atoms with Crippen LogP contribution in [0.5, 0.6) is 0 Å². The van der Waals surface area contributed by atoms with E-state index in [-0.39, 0.29) is 12.5 Å². The van der Waals surface area contributed by atoms with Crippen LogP contribution in [0, 0.1) is 0 Å².